The predicted molar refractivity (Wildman–Crippen MR) is 99.1 cm³/mol. The van der Waals surface area contributed by atoms with Gasteiger partial charge in [-0.05, 0) is 24.0 Å². The minimum absolute atomic E-state index is 0.0265. The van der Waals surface area contributed by atoms with Crippen molar-refractivity contribution >= 4 is 11.8 Å². The number of nitrogens with zero attached hydrogens (tertiary/aromatic N) is 1. The molecule has 1 saturated heterocycles. The zero-order valence-electron chi connectivity index (χ0n) is 14.7. The number of hydrogen-bond acceptors (Lipinski definition) is 3. The van der Waals surface area contributed by atoms with Crippen LogP contribution < -0.4 is 5.73 Å². The molecule has 1 aliphatic rings. The predicted octanol–water partition coefficient (Wildman–Crippen LogP) is 1.54. The fraction of sp³-hybridized carbons (Fsp3) is 0.333. The first-order chi connectivity index (χ1) is 12.5. The molecule has 2 aromatic rings. The zero-order valence-corrected chi connectivity index (χ0v) is 14.7. The average molecular weight is 352 g/mol. The maximum Gasteiger partial charge on any atom is 0.251 e. The third-order valence-electron chi connectivity index (χ3n) is 5.02. The normalized spacial score (nSPS) is 19.7. The van der Waals surface area contributed by atoms with Crippen LogP contribution >= 0.6 is 0 Å². The number of aliphatic hydroxyl groups is 1. The minimum Gasteiger partial charge on any atom is -0.378 e. The molecule has 2 amide bonds. The third kappa shape index (κ3) is 4.11. The highest BCUT2D eigenvalue weighted by Crippen LogP contribution is 2.25. The van der Waals surface area contributed by atoms with Crippen LogP contribution in [0, 0.1) is 5.92 Å². The van der Waals surface area contributed by atoms with Crippen LogP contribution in [-0.4, -0.2) is 40.5 Å². The zero-order chi connectivity index (χ0) is 18.6. The standard InChI is InChI=1S/C21H24N2O3/c22-20(25)21(26)11-12-23(15-21)19(24)18(13-16-7-3-1-4-8-16)14-17-9-5-2-6-10-17/h1-10,18,26H,11-15H2,(H2,22,25). The Balaban J connectivity index is 1.78. The molecule has 0 aromatic heterocycles. The van der Waals surface area contributed by atoms with Crippen molar-refractivity contribution in [3.05, 3.63) is 71.8 Å². The topological polar surface area (TPSA) is 83.6 Å². The van der Waals surface area contributed by atoms with Crippen molar-refractivity contribution in [2.75, 3.05) is 13.1 Å². The third-order valence-corrected chi connectivity index (χ3v) is 5.02. The number of benzene rings is 2. The van der Waals surface area contributed by atoms with Crippen LogP contribution in [0.15, 0.2) is 60.7 Å². The van der Waals surface area contributed by atoms with Crippen LogP contribution in [0.5, 0.6) is 0 Å². The summed E-state index contributed by atoms with van der Waals surface area (Å²) in [6.07, 6.45) is 1.41. The first-order valence-corrected chi connectivity index (χ1v) is 8.87. The molecule has 0 spiro atoms. The molecule has 5 heteroatoms. The summed E-state index contributed by atoms with van der Waals surface area (Å²) in [5, 5.41) is 10.3. The molecule has 2 aromatic carbocycles. The summed E-state index contributed by atoms with van der Waals surface area (Å²) in [6.45, 7) is 0.319. The number of primary amides is 1. The van der Waals surface area contributed by atoms with Gasteiger partial charge in [-0.25, -0.2) is 0 Å². The Bertz CT molecular complexity index is 722. The van der Waals surface area contributed by atoms with Gasteiger partial charge in [0.1, 0.15) is 0 Å². The van der Waals surface area contributed by atoms with Crippen molar-refractivity contribution < 1.29 is 14.7 Å². The number of β-amino-alcohol motifs (C(OH)–C–C–N with tert-alkyl or cyclic N) is 1. The number of amides is 2. The molecule has 136 valence electrons. The Morgan fingerprint density at radius 1 is 1.00 bits per heavy atom. The molecule has 1 atom stereocenters. The lowest BCUT2D eigenvalue weighted by Crippen LogP contribution is -2.47. The van der Waals surface area contributed by atoms with Gasteiger partial charge in [0, 0.05) is 18.9 Å². The van der Waals surface area contributed by atoms with Gasteiger partial charge in [-0.2, -0.15) is 0 Å². The van der Waals surface area contributed by atoms with Gasteiger partial charge in [-0.15, -0.1) is 0 Å². The number of carbonyl (C=O) groups excluding carboxylic acids is 2. The maximum absolute atomic E-state index is 13.1. The van der Waals surface area contributed by atoms with Crippen LogP contribution in [-0.2, 0) is 22.4 Å². The first-order valence-electron chi connectivity index (χ1n) is 8.87. The summed E-state index contributed by atoms with van der Waals surface area (Å²) in [5.74, 6) is -1.07. The van der Waals surface area contributed by atoms with E-state index in [-0.39, 0.29) is 24.8 Å². The van der Waals surface area contributed by atoms with Crippen LogP contribution in [0.25, 0.3) is 0 Å². The fourth-order valence-corrected chi connectivity index (χ4v) is 3.49. The monoisotopic (exact) mass is 352 g/mol. The summed E-state index contributed by atoms with van der Waals surface area (Å²) in [5.41, 5.74) is 5.86. The summed E-state index contributed by atoms with van der Waals surface area (Å²) in [4.78, 5) is 26.2. The molecular formula is C21H24N2O3. The Labute approximate surface area is 153 Å². The molecule has 1 heterocycles. The number of hydrogen-bond donors (Lipinski definition) is 2. The molecule has 5 nitrogen and oxygen atoms in total. The van der Waals surface area contributed by atoms with E-state index >= 15 is 0 Å². The second kappa shape index (κ2) is 7.70. The second-order valence-electron chi connectivity index (χ2n) is 6.98. The number of likely N-dealkylation sites (tertiary alicyclic amines) is 1. The van der Waals surface area contributed by atoms with E-state index in [0.717, 1.165) is 11.1 Å². The highest BCUT2D eigenvalue weighted by molar-refractivity contribution is 5.86. The van der Waals surface area contributed by atoms with E-state index in [1.54, 1.807) is 4.90 Å². The lowest BCUT2D eigenvalue weighted by molar-refractivity contribution is -0.139. The lowest BCUT2D eigenvalue weighted by Gasteiger charge is -2.25. The molecule has 1 fully saturated rings. The van der Waals surface area contributed by atoms with Gasteiger partial charge in [-0.3, -0.25) is 9.59 Å². The van der Waals surface area contributed by atoms with Gasteiger partial charge in [0.15, 0.2) is 5.60 Å². The van der Waals surface area contributed by atoms with E-state index < -0.39 is 11.5 Å². The Morgan fingerprint density at radius 3 is 1.92 bits per heavy atom. The van der Waals surface area contributed by atoms with Crippen LogP contribution in [0.4, 0.5) is 0 Å². The summed E-state index contributed by atoms with van der Waals surface area (Å²) in [6, 6.07) is 19.8. The van der Waals surface area contributed by atoms with E-state index in [2.05, 4.69) is 0 Å². The van der Waals surface area contributed by atoms with Gasteiger partial charge < -0.3 is 15.7 Å². The van der Waals surface area contributed by atoms with Crippen molar-refractivity contribution in [3.8, 4) is 0 Å². The molecule has 0 radical (unpaired) electrons. The average Bonchev–Trinajstić information content (AvgIpc) is 3.06. The van der Waals surface area contributed by atoms with Gasteiger partial charge in [0.25, 0.3) is 5.91 Å². The molecule has 1 aliphatic heterocycles. The lowest BCUT2D eigenvalue weighted by atomic mass is 9.91. The summed E-state index contributed by atoms with van der Waals surface area (Å²) >= 11 is 0. The van der Waals surface area contributed by atoms with E-state index in [0.29, 0.717) is 19.4 Å². The van der Waals surface area contributed by atoms with E-state index in [4.69, 9.17) is 5.73 Å². The first kappa shape index (κ1) is 18.1. The van der Waals surface area contributed by atoms with Crippen molar-refractivity contribution in [3.63, 3.8) is 0 Å². The van der Waals surface area contributed by atoms with Gasteiger partial charge >= 0.3 is 0 Å². The number of rotatable bonds is 6. The van der Waals surface area contributed by atoms with Crippen LogP contribution in [0.3, 0.4) is 0 Å². The highest BCUT2D eigenvalue weighted by atomic mass is 16.3. The molecule has 0 aliphatic carbocycles. The number of carbonyl (C=O) groups is 2. The van der Waals surface area contributed by atoms with Gasteiger partial charge in [-0.1, -0.05) is 60.7 Å². The van der Waals surface area contributed by atoms with Crippen LogP contribution in [0.1, 0.15) is 17.5 Å². The quantitative estimate of drug-likeness (QED) is 0.827. The Kier molecular flexibility index (Phi) is 5.38. The van der Waals surface area contributed by atoms with Crippen LogP contribution in [0.2, 0.25) is 0 Å². The van der Waals surface area contributed by atoms with Crippen molar-refractivity contribution in [2.24, 2.45) is 11.7 Å². The minimum atomic E-state index is -1.61. The molecule has 0 saturated carbocycles. The number of nitrogens with two attached hydrogens (primary N) is 1. The van der Waals surface area contributed by atoms with E-state index in [9.17, 15) is 14.7 Å². The highest BCUT2D eigenvalue weighted by Gasteiger charge is 2.44. The molecule has 26 heavy (non-hydrogen) atoms. The van der Waals surface area contributed by atoms with E-state index in [1.807, 2.05) is 60.7 Å². The van der Waals surface area contributed by atoms with Crippen molar-refractivity contribution in [2.45, 2.75) is 24.9 Å². The van der Waals surface area contributed by atoms with Crippen molar-refractivity contribution in [1.29, 1.82) is 0 Å². The molecule has 0 bridgehead atoms. The Hall–Kier alpha value is -2.66. The SMILES string of the molecule is NC(=O)C1(O)CCN(C(=O)C(Cc2ccccc2)Cc2ccccc2)C1. The second-order valence-corrected chi connectivity index (χ2v) is 6.98. The molecule has 3 N–H and O–H groups in total. The van der Waals surface area contributed by atoms with Gasteiger partial charge in [0.2, 0.25) is 5.91 Å². The van der Waals surface area contributed by atoms with Gasteiger partial charge in [0.05, 0.1) is 6.54 Å². The van der Waals surface area contributed by atoms with E-state index in [1.165, 1.54) is 0 Å². The fourth-order valence-electron chi connectivity index (χ4n) is 3.49. The summed E-state index contributed by atoms with van der Waals surface area (Å²) < 4.78 is 0. The summed E-state index contributed by atoms with van der Waals surface area (Å²) in [7, 11) is 0. The van der Waals surface area contributed by atoms with Crippen molar-refractivity contribution in [1.82, 2.24) is 4.90 Å². The smallest absolute Gasteiger partial charge is 0.251 e. The Morgan fingerprint density at radius 2 is 1.50 bits per heavy atom. The largest absolute Gasteiger partial charge is 0.378 e. The molecule has 1 unspecified atom stereocenters. The maximum atomic E-state index is 13.1. The molecule has 3 rings (SSSR count). The molecular weight excluding hydrogens is 328 g/mol.